The van der Waals surface area contributed by atoms with Crippen LogP contribution in [0, 0.1) is 0 Å². The number of likely N-dealkylation sites (tertiary alicyclic amines) is 1. The van der Waals surface area contributed by atoms with Gasteiger partial charge in [-0.15, -0.1) is 0 Å². The van der Waals surface area contributed by atoms with Crippen LogP contribution < -0.4 is 5.32 Å². The van der Waals surface area contributed by atoms with E-state index in [4.69, 9.17) is 0 Å². The molecule has 0 aliphatic carbocycles. The Labute approximate surface area is 152 Å². The number of piperidine rings is 2. The van der Waals surface area contributed by atoms with Gasteiger partial charge in [-0.25, -0.2) is 12.7 Å². The molecule has 0 amide bonds. The van der Waals surface area contributed by atoms with Gasteiger partial charge in [0.05, 0.1) is 6.26 Å². The molecule has 0 saturated carbocycles. The summed E-state index contributed by atoms with van der Waals surface area (Å²) >= 11 is 0. The summed E-state index contributed by atoms with van der Waals surface area (Å²) in [4.78, 5) is 2.57. The Bertz CT molecular complexity index is 627. The van der Waals surface area contributed by atoms with Crippen molar-refractivity contribution >= 4 is 10.0 Å². The summed E-state index contributed by atoms with van der Waals surface area (Å²) in [5.74, 6) is 0.660. The predicted molar refractivity (Wildman–Crippen MR) is 102 cm³/mol. The molecule has 3 rings (SSSR count). The van der Waals surface area contributed by atoms with Gasteiger partial charge in [-0.1, -0.05) is 30.3 Å². The van der Waals surface area contributed by atoms with Crippen LogP contribution in [-0.4, -0.2) is 69.2 Å². The van der Waals surface area contributed by atoms with E-state index in [1.54, 1.807) is 4.31 Å². The summed E-state index contributed by atoms with van der Waals surface area (Å²) in [7, 11) is -3.02. The number of hydrogen-bond acceptors (Lipinski definition) is 4. The highest BCUT2D eigenvalue weighted by Crippen LogP contribution is 2.26. The lowest BCUT2D eigenvalue weighted by molar-refractivity contribution is 0.201. The van der Waals surface area contributed by atoms with Gasteiger partial charge in [0.25, 0.3) is 0 Å². The van der Waals surface area contributed by atoms with Gasteiger partial charge in [-0.3, -0.25) is 0 Å². The van der Waals surface area contributed by atoms with Crippen molar-refractivity contribution in [2.75, 3.05) is 45.5 Å². The summed E-state index contributed by atoms with van der Waals surface area (Å²) in [5.41, 5.74) is 1.47. The third-order valence-corrected chi connectivity index (χ3v) is 6.86. The molecule has 140 valence electrons. The van der Waals surface area contributed by atoms with Crippen LogP contribution in [0.3, 0.4) is 0 Å². The van der Waals surface area contributed by atoms with Crippen molar-refractivity contribution in [2.45, 2.75) is 37.6 Å². The summed E-state index contributed by atoms with van der Waals surface area (Å²) < 4.78 is 24.7. The van der Waals surface area contributed by atoms with Crippen molar-refractivity contribution in [1.29, 1.82) is 0 Å². The second kappa shape index (κ2) is 8.62. The third kappa shape index (κ3) is 5.51. The molecule has 2 heterocycles. The van der Waals surface area contributed by atoms with Crippen molar-refractivity contribution in [1.82, 2.24) is 14.5 Å². The van der Waals surface area contributed by atoms with Gasteiger partial charge < -0.3 is 10.2 Å². The van der Waals surface area contributed by atoms with Gasteiger partial charge in [0.2, 0.25) is 10.0 Å². The van der Waals surface area contributed by atoms with Crippen LogP contribution in [0.25, 0.3) is 0 Å². The SMILES string of the molecule is CS(=O)(=O)N1CCC(NCCN2CCC[C@@H](c3ccccc3)C2)CC1. The molecule has 1 aromatic rings. The Hall–Kier alpha value is -0.950. The Morgan fingerprint density at radius 2 is 1.80 bits per heavy atom. The fourth-order valence-electron chi connectivity index (χ4n) is 4.07. The van der Waals surface area contributed by atoms with Gasteiger partial charge in [-0.05, 0) is 43.7 Å². The van der Waals surface area contributed by atoms with Crippen LogP contribution in [0.1, 0.15) is 37.2 Å². The lowest BCUT2D eigenvalue weighted by Crippen LogP contribution is -2.46. The molecule has 0 unspecified atom stereocenters. The molecule has 0 radical (unpaired) electrons. The molecule has 2 fully saturated rings. The highest BCUT2D eigenvalue weighted by Gasteiger charge is 2.25. The Kier molecular flexibility index (Phi) is 6.49. The molecular weight excluding hydrogens is 334 g/mol. The number of sulfonamides is 1. The van der Waals surface area contributed by atoms with Crippen molar-refractivity contribution in [3.8, 4) is 0 Å². The second-order valence-electron chi connectivity index (χ2n) is 7.44. The van der Waals surface area contributed by atoms with E-state index in [-0.39, 0.29) is 0 Å². The molecule has 0 aromatic heterocycles. The van der Waals surface area contributed by atoms with E-state index in [2.05, 4.69) is 40.5 Å². The third-order valence-electron chi connectivity index (χ3n) is 5.56. The van der Waals surface area contributed by atoms with Crippen LogP contribution in [-0.2, 0) is 10.0 Å². The van der Waals surface area contributed by atoms with E-state index >= 15 is 0 Å². The van der Waals surface area contributed by atoms with E-state index in [0.29, 0.717) is 25.0 Å². The Morgan fingerprint density at radius 1 is 1.08 bits per heavy atom. The predicted octanol–water partition coefficient (Wildman–Crippen LogP) is 1.88. The number of hydrogen-bond donors (Lipinski definition) is 1. The molecule has 1 atom stereocenters. The number of nitrogens with one attached hydrogen (secondary N) is 1. The Balaban J connectivity index is 1.38. The molecule has 2 aliphatic heterocycles. The maximum absolute atomic E-state index is 11.6. The lowest BCUT2D eigenvalue weighted by atomic mass is 9.91. The van der Waals surface area contributed by atoms with Crippen LogP contribution in [0.15, 0.2) is 30.3 Å². The van der Waals surface area contributed by atoms with Crippen molar-refractivity contribution < 1.29 is 8.42 Å². The normalized spacial score (nSPS) is 24.4. The fraction of sp³-hybridized carbons (Fsp3) is 0.684. The molecule has 0 spiro atoms. The van der Waals surface area contributed by atoms with E-state index in [1.807, 2.05) is 0 Å². The number of nitrogens with zero attached hydrogens (tertiary/aromatic N) is 2. The number of rotatable bonds is 6. The van der Waals surface area contributed by atoms with E-state index in [1.165, 1.54) is 31.2 Å². The van der Waals surface area contributed by atoms with Crippen LogP contribution in [0.2, 0.25) is 0 Å². The Morgan fingerprint density at radius 3 is 2.48 bits per heavy atom. The van der Waals surface area contributed by atoms with E-state index in [0.717, 1.165) is 32.5 Å². The van der Waals surface area contributed by atoms with Crippen LogP contribution >= 0.6 is 0 Å². The van der Waals surface area contributed by atoms with Crippen molar-refractivity contribution in [2.24, 2.45) is 0 Å². The molecular formula is C19H31N3O2S. The lowest BCUT2D eigenvalue weighted by Gasteiger charge is -2.34. The van der Waals surface area contributed by atoms with Crippen LogP contribution in [0.4, 0.5) is 0 Å². The highest BCUT2D eigenvalue weighted by atomic mass is 32.2. The van der Waals surface area contributed by atoms with Gasteiger partial charge in [0.1, 0.15) is 0 Å². The minimum absolute atomic E-state index is 0.452. The summed E-state index contributed by atoms with van der Waals surface area (Å²) in [6.45, 7) is 5.71. The zero-order chi connectivity index (χ0) is 17.7. The van der Waals surface area contributed by atoms with Gasteiger partial charge in [-0.2, -0.15) is 0 Å². The summed E-state index contributed by atoms with van der Waals surface area (Å²) in [6.07, 6.45) is 5.70. The molecule has 2 aliphatic rings. The fourth-order valence-corrected chi connectivity index (χ4v) is 4.95. The maximum Gasteiger partial charge on any atom is 0.211 e. The topological polar surface area (TPSA) is 52.7 Å². The first-order chi connectivity index (χ1) is 12.0. The van der Waals surface area contributed by atoms with Crippen LogP contribution in [0.5, 0.6) is 0 Å². The zero-order valence-electron chi connectivity index (χ0n) is 15.2. The average molecular weight is 366 g/mol. The van der Waals surface area contributed by atoms with Gasteiger partial charge in [0, 0.05) is 38.8 Å². The van der Waals surface area contributed by atoms with Gasteiger partial charge in [0.15, 0.2) is 0 Å². The van der Waals surface area contributed by atoms with E-state index in [9.17, 15) is 8.42 Å². The first-order valence-electron chi connectivity index (χ1n) is 9.48. The monoisotopic (exact) mass is 365 g/mol. The molecule has 1 N–H and O–H groups in total. The molecule has 1 aromatic carbocycles. The van der Waals surface area contributed by atoms with Crippen molar-refractivity contribution in [3.05, 3.63) is 35.9 Å². The summed E-state index contributed by atoms with van der Waals surface area (Å²) in [5, 5.41) is 3.63. The highest BCUT2D eigenvalue weighted by molar-refractivity contribution is 7.88. The minimum atomic E-state index is -3.02. The first kappa shape index (κ1) is 18.8. The molecule has 5 nitrogen and oxygen atoms in total. The quantitative estimate of drug-likeness (QED) is 0.836. The number of benzene rings is 1. The molecule has 25 heavy (non-hydrogen) atoms. The largest absolute Gasteiger partial charge is 0.313 e. The first-order valence-corrected chi connectivity index (χ1v) is 11.3. The van der Waals surface area contributed by atoms with Gasteiger partial charge >= 0.3 is 0 Å². The smallest absolute Gasteiger partial charge is 0.211 e. The molecule has 6 heteroatoms. The molecule has 2 saturated heterocycles. The zero-order valence-corrected chi connectivity index (χ0v) is 16.0. The van der Waals surface area contributed by atoms with Crippen molar-refractivity contribution in [3.63, 3.8) is 0 Å². The molecule has 0 bridgehead atoms. The maximum atomic E-state index is 11.6. The standard InChI is InChI=1S/C19H31N3O2S/c1-25(23,24)22-13-9-19(10-14-22)20-11-15-21-12-5-8-18(16-21)17-6-3-2-4-7-17/h2-4,6-7,18-20H,5,8-16H2,1H3/t18-/m1/s1. The minimum Gasteiger partial charge on any atom is -0.313 e. The summed E-state index contributed by atoms with van der Waals surface area (Å²) in [6, 6.07) is 11.3. The second-order valence-corrected chi connectivity index (χ2v) is 9.42. The van der Waals surface area contributed by atoms with E-state index < -0.39 is 10.0 Å². The average Bonchev–Trinajstić information content (AvgIpc) is 2.62.